The van der Waals surface area contributed by atoms with Crippen LogP contribution >= 0.6 is 0 Å². The lowest BCUT2D eigenvalue weighted by atomic mass is 10.1. The number of aryl methyl sites for hydroxylation is 2. The van der Waals surface area contributed by atoms with Gasteiger partial charge in [-0.2, -0.15) is 0 Å². The molecule has 2 amide bonds. The van der Waals surface area contributed by atoms with E-state index in [-0.39, 0.29) is 11.8 Å². The summed E-state index contributed by atoms with van der Waals surface area (Å²) < 4.78 is 5.18. The minimum absolute atomic E-state index is 0.131. The van der Waals surface area contributed by atoms with Crippen LogP contribution in [0.1, 0.15) is 34.3 Å². The molecule has 1 unspecified atom stereocenters. The van der Waals surface area contributed by atoms with Gasteiger partial charge in [-0.25, -0.2) is 0 Å². The first-order valence-corrected chi connectivity index (χ1v) is 8.92. The smallest absolute Gasteiger partial charge is 0.259 e. The normalized spacial score (nSPS) is 14.1. The van der Waals surface area contributed by atoms with Crippen LogP contribution in [0, 0.1) is 13.8 Å². The van der Waals surface area contributed by atoms with Gasteiger partial charge in [0.1, 0.15) is 11.8 Å². The van der Waals surface area contributed by atoms with E-state index in [0.717, 1.165) is 27.7 Å². The Morgan fingerprint density at radius 3 is 2.59 bits per heavy atom. The lowest BCUT2D eigenvalue weighted by Crippen LogP contribution is -2.47. The van der Waals surface area contributed by atoms with Crippen molar-refractivity contribution in [2.24, 2.45) is 0 Å². The number of benzene rings is 2. The highest BCUT2D eigenvalue weighted by Crippen LogP contribution is 2.38. The first kappa shape index (κ1) is 17.3. The molecular formula is C21H21N3O3. The van der Waals surface area contributed by atoms with Gasteiger partial charge in [0.15, 0.2) is 0 Å². The molecule has 3 aromatic rings. The van der Waals surface area contributed by atoms with Crippen molar-refractivity contribution >= 4 is 28.3 Å². The topological polar surface area (TPSA) is 66.7 Å². The highest BCUT2D eigenvalue weighted by molar-refractivity contribution is 6.26. The van der Waals surface area contributed by atoms with E-state index < -0.39 is 6.04 Å². The van der Waals surface area contributed by atoms with E-state index in [1.54, 1.807) is 23.8 Å². The molecule has 4 rings (SSSR count). The first-order chi connectivity index (χ1) is 12.9. The van der Waals surface area contributed by atoms with Gasteiger partial charge in [0.2, 0.25) is 5.91 Å². The minimum Gasteiger partial charge on any atom is -0.361 e. The van der Waals surface area contributed by atoms with Gasteiger partial charge >= 0.3 is 0 Å². The fourth-order valence-electron chi connectivity index (χ4n) is 3.80. The number of anilines is 1. The van der Waals surface area contributed by atoms with Gasteiger partial charge in [-0.05, 0) is 38.3 Å². The summed E-state index contributed by atoms with van der Waals surface area (Å²) in [5.74, 6) is 0.441. The fourth-order valence-corrected chi connectivity index (χ4v) is 3.80. The number of rotatable bonds is 4. The molecule has 2 heterocycles. The van der Waals surface area contributed by atoms with Crippen LogP contribution in [0.4, 0.5) is 5.69 Å². The molecule has 1 aromatic heterocycles. The number of aromatic nitrogens is 1. The van der Waals surface area contributed by atoms with Gasteiger partial charge in [-0.3, -0.25) is 14.5 Å². The van der Waals surface area contributed by atoms with Gasteiger partial charge < -0.3 is 9.42 Å². The third kappa shape index (κ3) is 2.60. The van der Waals surface area contributed by atoms with E-state index >= 15 is 0 Å². The highest BCUT2D eigenvalue weighted by atomic mass is 16.5. The monoisotopic (exact) mass is 363 g/mol. The third-order valence-corrected chi connectivity index (χ3v) is 5.29. The quantitative estimate of drug-likeness (QED) is 0.712. The van der Waals surface area contributed by atoms with Gasteiger partial charge in [-0.15, -0.1) is 0 Å². The number of nitrogens with zero attached hydrogens (tertiary/aromatic N) is 3. The fraction of sp³-hybridized carbons (Fsp3) is 0.286. The number of hydrogen-bond donors (Lipinski definition) is 0. The van der Waals surface area contributed by atoms with Crippen molar-refractivity contribution < 1.29 is 14.1 Å². The molecule has 0 bridgehead atoms. The number of amides is 2. The maximum atomic E-state index is 13.1. The van der Waals surface area contributed by atoms with Gasteiger partial charge in [0, 0.05) is 23.6 Å². The van der Waals surface area contributed by atoms with Crippen molar-refractivity contribution in [3.8, 4) is 0 Å². The molecule has 1 aliphatic rings. The maximum Gasteiger partial charge on any atom is 0.259 e. The summed E-state index contributed by atoms with van der Waals surface area (Å²) in [4.78, 5) is 29.3. The number of carbonyl (C=O) groups excluding carboxylic acids is 2. The SMILES string of the molecule is Cc1noc(C)c1CN(C)C(=O)C(C)N1C(=O)c2cccc3cccc1c23. The Balaban J connectivity index is 1.63. The Bertz CT molecular complexity index is 1040. The van der Waals surface area contributed by atoms with Crippen LogP contribution in [0.25, 0.3) is 10.8 Å². The van der Waals surface area contributed by atoms with Crippen LogP contribution in [-0.2, 0) is 11.3 Å². The summed E-state index contributed by atoms with van der Waals surface area (Å²) >= 11 is 0. The Kier molecular flexibility index (Phi) is 3.98. The summed E-state index contributed by atoms with van der Waals surface area (Å²) in [7, 11) is 1.74. The molecule has 138 valence electrons. The van der Waals surface area contributed by atoms with E-state index in [0.29, 0.717) is 17.9 Å². The zero-order valence-electron chi connectivity index (χ0n) is 15.8. The molecule has 1 aliphatic heterocycles. The van der Waals surface area contributed by atoms with Crippen molar-refractivity contribution in [3.63, 3.8) is 0 Å². The molecule has 1 atom stereocenters. The highest BCUT2D eigenvalue weighted by Gasteiger charge is 2.36. The second-order valence-electron chi connectivity index (χ2n) is 7.03. The molecule has 0 saturated heterocycles. The lowest BCUT2D eigenvalue weighted by molar-refractivity contribution is -0.131. The zero-order chi connectivity index (χ0) is 19.3. The predicted molar refractivity (Wildman–Crippen MR) is 103 cm³/mol. The molecule has 0 fully saturated rings. The lowest BCUT2D eigenvalue weighted by Gasteiger charge is -2.28. The van der Waals surface area contributed by atoms with E-state index in [1.807, 2.05) is 50.2 Å². The zero-order valence-corrected chi connectivity index (χ0v) is 15.8. The summed E-state index contributed by atoms with van der Waals surface area (Å²) in [6.07, 6.45) is 0. The predicted octanol–water partition coefficient (Wildman–Crippen LogP) is 3.45. The molecular weight excluding hydrogens is 342 g/mol. The molecule has 6 heteroatoms. The van der Waals surface area contributed by atoms with Crippen molar-refractivity contribution in [1.29, 1.82) is 0 Å². The summed E-state index contributed by atoms with van der Waals surface area (Å²) in [6, 6.07) is 10.9. The van der Waals surface area contributed by atoms with Crippen LogP contribution in [0.2, 0.25) is 0 Å². The molecule has 0 radical (unpaired) electrons. The van der Waals surface area contributed by atoms with E-state index in [4.69, 9.17) is 4.52 Å². The molecule has 0 N–H and O–H groups in total. The molecule has 0 aliphatic carbocycles. The Labute approximate surface area is 157 Å². The second-order valence-corrected chi connectivity index (χ2v) is 7.03. The van der Waals surface area contributed by atoms with Gasteiger partial charge in [0.05, 0.1) is 17.9 Å². The van der Waals surface area contributed by atoms with Gasteiger partial charge in [-0.1, -0.05) is 29.4 Å². The maximum absolute atomic E-state index is 13.1. The average molecular weight is 363 g/mol. The van der Waals surface area contributed by atoms with E-state index in [9.17, 15) is 9.59 Å². The second kappa shape index (κ2) is 6.23. The summed E-state index contributed by atoms with van der Waals surface area (Å²) in [5, 5.41) is 5.86. The summed E-state index contributed by atoms with van der Waals surface area (Å²) in [5.41, 5.74) is 3.11. The van der Waals surface area contributed by atoms with Crippen LogP contribution in [0.3, 0.4) is 0 Å². The van der Waals surface area contributed by atoms with Crippen molar-refractivity contribution in [1.82, 2.24) is 10.1 Å². The Morgan fingerprint density at radius 1 is 1.22 bits per heavy atom. The van der Waals surface area contributed by atoms with Crippen molar-refractivity contribution in [2.45, 2.75) is 33.4 Å². The largest absolute Gasteiger partial charge is 0.361 e. The molecule has 6 nitrogen and oxygen atoms in total. The van der Waals surface area contributed by atoms with Crippen LogP contribution in [-0.4, -0.2) is 35.0 Å². The molecule has 2 aromatic carbocycles. The number of hydrogen-bond acceptors (Lipinski definition) is 4. The molecule has 0 spiro atoms. The standard InChI is InChI=1S/C21H21N3O3/c1-12-17(14(3)27-22-12)11-23(4)20(25)13(2)24-18-10-6-8-15-7-5-9-16(19(15)18)21(24)26/h5-10,13H,11H2,1-4H3. The molecule has 0 saturated carbocycles. The first-order valence-electron chi connectivity index (χ1n) is 8.92. The Hall–Kier alpha value is -3.15. The van der Waals surface area contributed by atoms with Gasteiger partial charge in [0.25, 0.3) is 5.91 Å². The van der Waals surface area contributed by atoms with Crippen molar-refractivity contribution in [3.05, 3.63) is 59.0 Å². The minimum atomic E-state index is -0.610. The van der Waals surface area contributed by atoms with Crippen molar-refractivity contribution in [2.75, 3.05) is 11.9 Å². The third-order valence-electron chi connectivity index (χ3n) is 5.29. The number of likely N-dealkylation sites (N-methyl/N-ethyl adjacent to an activating group) is 1. The van der Waals surface area contributed by atoms with Crippen LogP contribution in [0.15, 0.2) is 40.9 Å². The average Bonchev–Trinajstić information content (AvgIpc) is 3.13. The Morgan fingerprint density at radius 2 is 1.93 bits per heavy atom. The van der Waals surface area contributed by atoms with Crippen LogP contribution in [0.5, 0.6) is 0 Å². The summed E-state index contributed by atoms with van der Waals surface area (Å²) in [6.45, 7) is 5.85. The molecule has 27 heavy (non-hydrogen) atoms. The number of carbonyl (C=O) groups is 2. The van der Waals surface area contributed by atoms with E-state index in [2.05, 4.69) is 5.16 Å². The van der Waals surface area contributed by atoms with E-state index in [1.165, 1.54) is 0 Å². The van der Waals surface area contributed by atoms with Crippen LogP contribution < -0.4 is 4.90 Å².